The van der Waals surface area contributed by atoms with Crippen molar-refractivity contribution in [2.45, 2.75) is 193 Å². The molecule has 0 saturated heterocycles. The van der Waals surface area contributed by atoms with E-state index < -0.39 is 12.1 Å². The normalized spacial score (nSPS) is 14.0. The highest BCUT2D eigenvalue weighted by atomic mass is 16.3. The largest absolute Gasteiger partial charge is 0.394 e. The molecule has 2 atom stereocenters. The highest BCUT2D eigenvalue weighted by molar-refractivity contribution is 5.76. The van der Waals surface area contributed by atoms with Gasteiger partial charge < -0.3 is 15.5 Å². The second-order valence-electron chi connectivity index (χ2n) is 14.0. The van der Waals surface area contributed by atoms with E-state index in [0.717, 1.165) is 83.5 Å². The van der Waals surface area contributed by atoms with E-state index in [1.807, 2.05) is 6.08 Å². The number of hydrogen-bond donors (Lipinski definition) is 3. The Morgan fingerprint density at radius 3 is 1.35 bits per heavy atom. The predicted molar refractivity (Wildman–Crippen MR) is 230 cm³/mol. The van der Waals surface area contributed by atoms with Crippen LogP contribution in [0.4, 0.5) is 0 Å². The van der Waals surface area contributed by atoms with Gasteiger partial charge in [0.05, 0.1) is 18.8 Å². The molecule has 0 rings (SSSR count). The van der Waals surface area contributed by atoms with Gasteiger partial charge in [-0.3, -0.25) is 4.79 Å². The second-order valence-corrected chi connectivity index (χ2v) is 14.0. The van der Waals surface area contributed by atoms with Crippen LogP contribution in [-0.2, 0) is 4.79 Å². The van der Waals surface area contributed by atoms with Crippen LogP contribution < -0.4 is 5.32 Å². The van der Waals surface area contributed by atoms with Gasteiger partial charge in [0.1, 0.15) is 0 Å². The zero-order valence-corrected chi connectivity index (χ0v) is 33.8. The van der Waals surface area contributed by atoms with Gasteiger partial charge in [-0.1, -0.05) is 188 Å². The fraction of sp³-hybridized carbons (Fsp3) is 0.646. The van der Waals surface area contributed by atoms with Gasteiger partial charge in [-0.25, -0.2) is 0 Å². The Labute approximate surface area is 322 Å². The van der Waals surface area contributed by atoms with Gasteiger partial charge in [0.15, 0.2) is 0 Å². The summed E-state index contributed by atoms with van der Waals surface area (Å²) in [5, 5.41) is 22.9. The first-order valence-electron chi connectivity index (χ1n) is 21.5. The number of unbranched alkanes of at least 4 members (excludes halogenated alkanes) is 16. The SMILES string of the molecule is CC/C=C\C/C=C\C/C=C\C/C=C\C/C=C\C/C=C\CCCCCCCCCCC(=O)NC(CO)C(O)/C=C/CC/C=C/CCCCCCCCC. The van der Waals surface area contributed by atoms with E-state index in [0.29, 0.717) is 6.42 Å². The van der Waals surface area contributed by atoms with Gasteiger partial charge in [0.25, 0.3) is 0 Å². The number of allylic oxidation sites excluding steroid dienone is 15. The number of amides is 1. The fourth-order valence-electron chi connectivity index (χ4n) is 5.78. The van der Waals surface area contributed by atoms with Crippen LogP contribution >= 0.6 is 0 Å². The van der Waals surface area contributed by atoms with Crippen molar-refractivity contribution in [2.24, 2.45) is 0 Å². The number of aliphatic hydroxyl groups excluding tert-OH is 2. The minimum Gasteiger partial charge on any atom is -0.394 e. The minimum atomic E-state index is -0.870. The summed E-state index contributed by atoms with van der Waals surface area (Å²) in [6.07, 6.45) is 63.6. The first kappa shape index (κ1) is 49.3. The summed E-state index contributed by atoms with van der Waals surface area (Å²) < 4.78 is 0. The molecule has 0 radical (unpaired) electrons. The molecule has 4 nitrogen and oxygen atoms in total. The van der Waals surface area contributed by atoms with Crippen molar-refractivity contribution >= 4 is 5.91 Å². The Morgan fingerprint density at radius 2 is 0.865 bits per heavy atom. The first-order chi connectivity index (χ1) is 25.7. The lowest BCUT2D eigenvalue weighted by Gasteiger charge is -2.19. The molecule has 52 heavy (non-hydrogen) atoms. The number of nitrogens with one attached hydrogen (secondary N) is 1. The van der Waals surface area contributed by atoms with Gasteiger partial charge >= 0.3 is 0 Å². The topological polar surface area (TPSA) is 69.6 Å². The average molecular weight is 720 g/mol. The van der Waals surface area contributed by atoms with Crippen molar-refractivity contribution in [2.75, 3.05) is 6.61 Å². The maximum Gasteiger partial charge on any atom is 0.220 e. The van der Waals surface area contributed by atoms with E-state index in [4.69, 9.17) is 0 Å². The molecule has 0 fully saturated rings. The van der Waals surface area contributed by atoms with Crippen molar-refractivity contribution in [1.82, 2.24) is 5.32 Å². The Balaban J connectivity index is 3.67. The van der Waals surface area contributed by atoms with E-state index in [-0.39, 0.29) is 12.5 Å². The number of aliphatic hydroxyl groups is 2. The minimum absolute atomic E-state index is 0.0887. The molecular formula is C48H81NO3. The third-order valence-electron chi connectivity index (χ3n) is 9.05. The molecule has 0 saturated carbocycles. The number of rotatable bonds is 37. The van der Waals surface area contributed by atoms with Crippen molar-refractivity contribution in [1.29, 1.82) is 0 Å². The third-order valence-corrected chi connectivity index (χ3v) is 9.05. The lowest BCUT2D eigenvalue weighted by Crippen LogP contribution is -2.45. The summed E-state index contributed by atoms with van der Waals surface area (Å²) in [6.45, 7) is 4.15. The standard InChI is InChI=1S/C48H81NO3/c1-3-5-7-9-11-13-15-17-18-19-20-21-22-23-24-25-26-27-28-29-30-32-34-36-38-40-42-44-48(52)49-46(45-50)47(51)43-41-39-37-35-33-31-16-14-12-10-8-6-4-2/h5,7,11,13,17-18,20-21,23-24,26-27,33,35,41,43,46-47,50-51H,3-4,6,8-10,12,14-16,19,22,25,28-32,34,36-40,42,44-45H2,1-2H3,(H,49,52)/b7-5-,13-11-,18-17-,21-20-,24-23-,27-26-,35-33+,43-41+. The van der Waals surface area contributed by atoms with Crippen molar-refractivity contribution in [3.8, 4) is 0 Å². The highest BCUT2D eigenvalue weighted by Gasteiger charge is 2.17. The second kappa shape index (κ2) is 42.7. The molecule has 0 aliphatic heterocycles. The molecular weight excluding hydrogens is 639 g/mol. The van der Waals surface area contributed by atoms with Crippen molar-refractivity contribution in [3.05, 3.63) is 97.2 Å². The molecule has 0 aromatic carbocycles. The summed E-state index contributed by atoms with van der Waals surface area (Å²) in [6, 6.07) is -0.649. The van der Waals surface area contributed by atoms with Crippen LogP contribution in [0.15, 0.2) is 97.2 Å². The molecule has 0 aliphatic rings. The number of hydrogen-bond acceptors (Lipinski definition) is 3. The molecule has 4 heteroatoms. The molecule has 0 aromatic heterocycles. The highest BCUT2D eigenvalue weighted by Crippen LogP contribution is 2.12. The van der Waals surface area contributed by atoms with E-state index in [2.05, 4.69) is 104 Å². The summed E-state index contributed by atoms with van der Waals surface area (Å²) in [5.41, 5.74) is 0. The monoisotopic (exact) mass is 720 g/mol. The van der Waals surface area contributed by atoms with Crippen LogP contribution in [0.3, 0.4) is 0 Å². The summed E-state index contributed by atoms with van der Waals surface area (Å²) in [7, 11) is 0. The van der Waals surface area contributed by atoms with E-state index in [9.17, 15) is 15.0 Å². The number of carbonyl (C=O) groups is 1. The van der Waals surface area contributed by atoms with E-state index >= 15 is 0 Å². The zero-order chi connectivity index (χ0) is 37.8. The van der Waals surface area contributed by atoms with Crippen LogP contribution in [0.5, 0.6) is 0 Å². The lowest BCUT2D eigenvalue weighted by atomic mass is 10.1. The lowest BCUT2D eigenvalue weighted by molar-refractivity contribution is -0.123. The molecule has 2 unspecified atom stereocenters. The third kappa shape index (κ3) is 38.5. The Kier molecular flexibility index (Phi) is 40.5. The Bertz CT molecular complexity index is 999. The molecule has 0 aliphatic carbocycles. The van der Waals surface area contributed by atoms with Crippen LogP contribution in [0, 0.1) is 0 Å². The van der Waals surface area contributed by atoms with Gasteiger partial charge in [-0.05, 0) is 83.5 Å². The van der Waals surface area contributed by atoms with E-state index in [1.165, 1.54) is 77.0 Å². The molecule has 296 valence electrons. The average Bonchev–Trinajstić information content (AvgIpc) is 3.15. The molecule has 0 spiro atoms. The summed E-state index contributed by atoms with van der Waals surface area (Å²) in [5.74, 6) is -0.0887. The Morgan fingerprint density at radius 1 is 0.481 bits per heavy atom. The maximum atomic E-state index is 12.4. The van der Waals surface area contributed by atoms with Gasteiger partial charge in [0, 0.05) is 6.42 Å². The molecule has 0 aromatic rings. The van der Waals surface area contributed by atoms with Gasteiger partial charge in [-0.15, -0.1) is 0 Å². The fourth-order valence-corrected chi connectivity index (χ4v) is 5.78. The van der Waals surface area contributed by atoms with Crippen LogP contribution in [0.25, 0.3) is 0 Å². The maximum absolute atomic E-state index is 12.4. The Hall–Kier alpha value is -2.69. The van der Waals surface area contributed by atoms with Crippen LogP contribution in [0.1, 0.15) is 181 Å². The predicted octanol–water partition coefficient (Wildman–Crippen LogP) is 13.5. The van der Waals surface area contributed by atoms with Gasteiger partial charge in [-0.2, -0.15) is 0 Å². The summed E-state index contributed by atoms with van der Waals surface area (Å²) >= 11 is 0. The van der Waals surface area contributed by atoms with Gasteiger partial charge in [0.2, 0.25) is 5.91 Å². The van der Waals surface area contributed by atoms with Crippen molar-refractivity contribution < 1.29 is 15.0 Å². The zero-order valence-electron chi connectivity index (χ0n) is 33.8. The van der Waals surface area contributed by atoms with E-state index in [1.54, 1.807) is 6.08 Å². The van der Waals surface area contributed by atoms with Crippen molar-refractivity contribution in [3.63, 3.8) is 0 Å². The number of carbonyl (C=O) groups excluding carboxylic acids is 1. The quantitative estimate of drug-likeness (QED) is 0.0442. The molecule has 3 N–H and O–H groups in total. The first-order valence-corrected chi connectivity index (χ1v) is 21.5. The smallest absolute Gasteiger partial charge is 0.220 e. The molecule has 1 amide bonds. The molecule has 0 bridgehead atoms. The van der Waals surface area contributed by atoms with Crippen LogP contribution in [0.2, 0.25) is 0 Å². The van der Waals surface area contributed by atoms with Crippen LogP contribution in [-0.4, -0.2) is 34.9 Å². The summed E-state index contributed by atoms with van der Waals surface area (Å²) in [4.78, 5) is 12.4. The molecule has 0 heterocycles.